The smallest absolute Gasteiger partial charge is 0.264 e. The molecular weight excluding hydrogens is 380 g/mol. The number of benzene rings is 2. The van der Waals surface area contributed by atoms with E-state index in [1.54, 1.807) is 11.3 Å². The van der Waals surface area contributed by atoms with E-state index in [2.05, 4.69) is 22.9 Å². The Morgan fingerprint density at radius 3 is 2.48 bits per heavy atom. The molecule has 0 spiro atoms. The number of halogens is 1. The fourth-order valence-electron chi connectivity index (χ4n) is 3.83. The average molecular weight is 395 g/mol. The van der Waals surface area contributed by atoms with E-state index < -0.39 is 0 Å². The number of hydrogen-bond donors (Lipinski definition) is 1. The summed E-state index contributed by atoms with van der Waals surface area (Å²) in [5.74, 6) is -0.569. The van der Waals surface area contributed by atoms with Crippen LogP contribution < -0.4 is 22.3 Å². The van der Waals surface area contributed by atoms with Crippen LogP contribution in [0.1, 0.15) is 21.7 Å². The number of imide groups is 1. The van der Waals surface area contributed by atoms with Crippen molar-refractivity contribution >= 4 is 43.3 Å². The Balaban J connectivity index is 0.00000180. The number of thiophene rings is 1. The SMILES string of the molecule is Cc1c2sc3ccccc3c2c2c([n+]1-c1ccccc1)CC(=O)NC2=O.[Cl-]. The number of aryl methyl sites for hydroxylation is 1. The van der Waals surface area contributed by atoms with Gasteiger partial charge in [-0.3, -0.25) is 14.9 Å². The third-order valence-electron chi connectivity index (χ3n) is 4.89. The lowest BCUT2D eigenvalue weighted by Gasteiger charge is -2.17. The minimum Gasteiger partial charge on any atom is -1.00 e. The molecule has 1 N–H and O–H groups in total. The Morgan fingerprint density at radius 1 is 1.00 bits per heavy atom. The van der Waals surface area contributed by atoms with Crippen LogP contribution in [0.3, 0.4) is 0 Å². The van der Waals surface area contributed by atoms with Crippen molar-refractivity contribution in [2.24, 2.45) is 0 Å². The highest BCUT2D eigenvalue weighted by molar-refractivity contribution is 7.26. The van der Waals surface area contributed by atoms with E-state index >= 15 is 0 Å². The van der Waals surface area contributed by atoms with Crippen molar-refractivity contribution in [2.45, 2.75) is 13.3 Å². The van der Waals surface area contributed by atoms with Gasteiger partial charge in [-0.1, -0.05) is 36.4 Å². The average Bonchev–Trinajstić information content (AvgIpc) is 3.02. The monoisotopic (exact) mass is 394 g/mol. The number of nitrogens with zero attached hydrogens (tertiary/aromatic N) is 1. The highest BCUT2D eigenvalue weighted by Crippen LogP contribution is 2.38. The maximum Gasteiger partial charge on any atom is 0.264 e. The lowest BCUT2D eigenvalue weighted by atomic mass is 9.97. The van der Waals surface area contributed by atoms with E-state index in [1.165, 1.54) is 0 Å². The molecule has 1 aliphatic heterocycles. The zero-order chi connectivity index (χ0) is 17.8. The van der Waals surface area contributed by atoms with Gasteiger partial charge in [0.2, 0.25) is 23.0 Å². The van der Waals surface area contributed by atoms with Gasteiger partial charge in [-0.05, 0) is 6.07 Å². The molecule has 134 valence electrons. The van der Waals surface area contributed by atoms with E-state index in [0.29, 0.717) is 5.56 Å². The molecule has 4 nitrogen and oxygen atoms in total. The van der Waals surface area contributed by atoms with Crippen LogP contribution in [0.15, 0.2) is 54.6 Å². The van der Waals surface area contributed by atoms with Gasteiger partial charge >= 0.3 is 0 Å². The van der Waals surface area contributed by atoms with Gasteiger partial charge in [0, 0.05) is 34.5 Å². The van der Waals surface area contributed by atoms with Crippen LogP contribution in [0.5, 0.6) is 0 Å². The predicted molar refractivity (Wildman–Crippen MR) is 102 cm³/mol. The van der Waals surface area contributed by atoms with Crippen molar-refractivity contribution < 1.29 is 26.6 Å². The van der Waals surface area contributed by atoms with Crippen molar-refractivity contribution in [1.82, 2.24) is 5.32 Å². The van der Waals surface area contributed by atoms with Crippen LogP contribution >= 0.6 is 11.3 Å². The molecule has 0 bridgehead atoms. The topological polar surface area (TPSA) is 50.0 Å². The maximum absolute atomic E-state index is 12.8. The number of pyridine rings is 1. The van der Waals surface area contributed by atoms with Gasteiger partial charge in [-0.15, -0.1) is 11.3 Å². The fraction of sp³-hybridized carbons (Fsp3) is 0.0952. The largest absolute Gasteiger partial charge is 1.00 e. The zero-order valence-electron chi connectivity index (χ0n) is 14.5. The number of fused-ring (bicyclic) bond motifs is 5. The van der Waals surface area contributed by atoms with Gasteiger partial charge < -0.3 is 12.4 Å². The van der Waals surface area contributed by atoms with Crippen LogP contribution in [0.4, 0.5) is 0 Å². The molecule has 27 heavy (non-hydrogen) atoms. The molecule has 2 aromatic heterocycles. The molecule has 2 aromatic carbocycles. The molecule has 0 aliphatic carbocycles. The molecule has 0 unspecified atom stereocenters. The normalized spacial score (nSPS) is 13.4. The Kier molecular flexibility index (Phi) is 4.21. The predicted octanol–water partition coefficient (Wildman–Crippen LogP) is 0.456. The van der Waals surface area contributed by atoms with Gasteiger partial charge in [-0.2, -0.15) is 4.57 Å². The first-order chi connectivity index (χ1) is 12.6. The Labute approximate surface area is 165 Å². The van der Waals surface area contributed by atoms with Crippen molar-refractivity contribution in [2.75, 3.05) is 0 Å². The van der Waals surface area contributed by atoms with Gasteiger partial charge in [0.25, 0.3) is 5.91 Å². The molecule has 0 saturated carbocycles. The number of carbonyl (C=O) groups is 2. The second kappa shape index (κ2) is 6.44. The van der Waals surface area contributed by atoms with Gasteiger partial charge in [0.15, 0.2) is 0 Å². The second-order valence-electron chi connectivity index (χ2n) is 6.43. The number of rotatable bonds is 1. The number of aromatic nitrogens is 1. The summed E-state index contributed by atoms with van der Waals surface area (Å²) in [6.45, 7) is 2.06. The standard InChI is InChI=1S/C21H14N2O2S.ClH/c1-12-20-18(14-9-5-6-10-16(14)26-20)19-15(11-17(24)22-21(19)25)23(12)13-7-3-2-4-8-13;/h2-10H,11H2,1H3;1H. The molecule has 0 atom stereocenters. The summed E-state index contributed by atoms with van der Waals surface area (Å²) in [7, 11) is 0. The Morgan fingerprint density at radius 2 is 1.70 bits per heavy atom. The lowest BCUT2D eigenvalue weighted by molar-refractivity contribution is -0.609. The number of amides is 2. The van der Waals surface area contributed by atoms with Crippen molar-refractivity contribution in [3.63, 3.8) is 0 Å². The molecule has 0 saturated heterocycles. The van der Waals surface area contributed by atoms with Crippen molar-refractivity contribution in [3.8, 4) is 5.69 Å². The third kappa shape index (κ3) is 2.54. The van der Waals surface area contributed by atoms with Gasteiger partial charge in [0.05, 0.1) is 0 Å². The van der Waals surface area contributed by atoms with Crippen molar-refractivity contribution in [3.05, 3.63) is 71.5 Å². The van der Waals surface area contributed by atoms with Crippen LogP contribution in [0, 0.1) is 6.92 Å². The van der Waals surface area contributed by atoms with Crippen LogP contribution in [-0.4, -0.2) is 11.8 Å². The number of para-hydroxylation sites is 1. The first kappa shape index (κ1) is 17.6. The van der Waals surface area contributed by atoms with E-state index in [0.717, 1.165) is 37.2 Å². The van der Waals surface area contributed by atoms with Gasteiger partial charge in [-0.25, -0.2) is 0 Å². The quantitative estimate of drug-likeness (QED) is 0.376. The molecule has 5 rings (SSSR count). The summed E-state index contributed by atoms with van der Waals surface area (Å²) >= 11 is 1.69. The second-order valence-corrected chi connectivity index (χ2v) is 7.49. The molecule has 1 aliphatic rings. The number of hydrogen-bond acceptors (Lipinski definition) is 3. The van der Waals surface area contributed by atoms with E-state index in [1.807, 2.05) is 48.5 Å². The minimum absolute atomic E-state index is 0. The lowest BCUT2D eigenvalue weighted by Crippen LogP contribution is -3.00. The Hall–Kier alpha value is -2.76. The molecule has 4 aromatic rings. The number of nitrogens with one attached hydrogen (secondary N) is 1. The first-order valence-electron chi connectivity index (χ1n) is 8.43. The number of carbonyl (C=O) groups excluding carboxylic acids is 2. The minimum atomic E-state index is -0.311. The van der Waals surface area contributed by atoms with Crippen LogP contribution in [0.25, 0.3) is 25.9 Å². The molecule has 0 radical (unpaired) electrons. The van der Waals surface area contributed by atoms with E-state index in [-0.39, 0.29) is 30.6 Å². The van der Waals surface area contributed by atoms with Gasteiger partial charge in [0.1, 0.15) is 16.7 Å². The first-order valence-corrected chi connectivity index (χ1v) is 9.25. The summed E-state index contributed by atoms with van der Waals surface area (Å²) in [6, 6.07) is 18.0. The van der Waals surface area contributed by atoms with Crippen molar-refractivity contribution in [1.29, 1.82) is 0 Å². The molecule has 6 heteroatoms. The fourth-order valence-corrected chi connectivity index (χ4v) is 5.03. The molecule has 2 amide bonds. The van der Waals surface area contributed by atoms with Crippen LogP contribution in [0.2, 0.25) is 0 Å². The molecule has 3 heterocycles. The summed E-state index contributed by atoms with van der Waals surface area (Å²) in [6.07, 6.45) is 0.191. The summed E-state index contributed by atoms with van der Waals surface area (Å²) in [5.41, 5.74) is 3.39. The highest BCUT2D eigenvalue weighted by atomic mass is 35.5. The highest BCUT2D eigenvalue weighted by Gasteiger charge is 2.37. The molecule has 0 fully saturated rings. The van der Waals surface area contributed by atoms with E-state index in [9.17, 15) is 9.59 Å². The summed E-state index contributed by atoms with van der Waals surface area (Å²) < 4.78 is 4.28. The third-order valence-corrected chi connectivity index (χ3v) is 6.17. The maximum atomic E-state index is 12.8. The summed E-state index contributed by atoms with van der Waals surface area (Å²) in [4.78, 5) is 24.9. The Bertz CT molecular complexity index is 1230. The zero-order valence-corrected chi connectivity index (χ0v) is 16.0. The summed E-state index contributed by atoms with van der Waals surface area (Å²) in [5, 5.41) is 4.51. The van der Waals surface area contributed by atoms with Crippen LogP contribution in [-0.2, 0) is 11.2 Å². The van der Waals surface area contributed by atoms with E-state index in [4.69, 9.17) is 0 Å². The molecular formula is C21H15ClN2O2S.